The molecule has 1 aromatic carbocycles. The van der Waals surface area contributed by atoms with Crippen molar-refractivity contribution in [1.29, 1.82) is 0 Å². The lowest BCUT2D eigenvalue weighted by Gasteiger charge is -2.01. The first-order chi connectivity index (χ1) is 5.82. The van der Waals surface area contributed by atoms with Crippen LogP contribution in [0.5, 0.6) is 5.75 Å². The van der Waals surface area contributed by atoms with Gasteiger partial charge in [-0.05, 0) is 22.0 Å². The highest BCUT2D eigenvalue weighted by molar-refractivity contribution is 9.10. The third-order valence-electron chi connectivity index (χ3n) is 1.26. The number of rotatable bonds is 1. The standard InChI is InChI=1S/C6H3BrClFO3S/c7-3-1-6(13(8,11)12)5(10)2-4(3)9/h1-2,10H. The highest BCUT2D eigenvalue weighted by atomic mass is 79.9. The van der Waals surface area contributed by atoms with Gasteiger partial charge in [0.2, 0.25) is 0 Å². The number of phenols is 1. The van der Waals surface area contributed by atoms with Gasteiger partial charge in [0, 0.05) is 16.7 Å². The van der Waals surface area contributed by atoms with Crippen molar-refractivity contribution in [1.82, 2.24) is 0 Å². The third kappa shape index (κ3) is 2.32. The van der Waals surface area contributed by atoms with Crippen molar-refractivity contribution in [2.45, 2.75) is 4.90 Å². The van der Waals surface area contributed by atoms with Crippen molar-refractivity contribution in [2.75, 3.05) is 0 Å². The van der Waals surface area contributed by atoms with Gasteiger partial charge in [0.25, 0.3) is 9.05 Å². The van der Waals surface area contributed by atoms with Crippen LogP contribution >= 0.6 is 26.6 Å². The Morgan fingerprint density at radius 2 is 2.00 bits per heavy atom. The fraction of sp³-hybridized carbons (Fsp3) is 0. The van der Waals surface area contributed by atoms with Crippen LogP contribution in [0.2, 0.25) is 0 Å². The van der Waals surface area contributed by atoms with E-state index in [0.29, 0.717) is 6.07 Å². The zero-order valence-corrected chi connectivity index (χ0v) is 9.12. The molecule has 0 saturated heterocycles. The molecule has 0 aromatic heterocycles. The summed E-state index contributed by atoms with van der Waals surface area (Å²) >= 11 is 2.76. The molecular formula is C6H3BrClFO3S. The summed E-state index contributed by atoms with van der Waals surface area (Å²) in [6.45, 7) is 0. The second-order valence-electron chi connectivity index (χ2n) is 2.17. The molecule has 0 atom stereocenters. The van der Waals surface area contributed by atoms with Gasteiger partial charge in [-0.2, -0.15) is 0 Å². The van der Waals surface area contributed by atoms with Gasteiger partial charge in [0.15, 0.2) is 0 Å². The molecule has 0 saturated carbocycles. The van der Waals surface area contributed by atoms with Gasteiger partial charge >= 0.3 is 0 Å². The van der Waals surface area contributed by atoms with Crippen LogP contribution < -0.4 is 0 Å². The van der Waals surface area contributed by atoms with E-state index < -0.39 is 25.5 Å². The van der Waals surface area contributed by atoms with E-state index in [0.717, 1.165) is 6.07 Å². The Hall–Kier alpha value is -0.330. The van der Waals surface area contributed by atoms with E-state index in [2.05, 4.69) is 15.9 Å². The topological polar surface area (TPSA) is 54.4 Å². The molecule has 0 bridgehead atoms. The maximum atomic E-state index is 12.7. The minimum Gasteiger partial charge on any atom is -0.506 e. The van der Waals surface area contributed by atoms with Gasteiger partial charge in [-0.25, -0.2) is 12.8 Å². The van der Waals surface area contributed by atoms with Crippen molar-refractivity contribution in [2.24, 2.45) is 0 Å². The molecule has 1 rings (SSSR count). The van der Waals surface area contributed by atoms with Crippen molar-refractivity contribution >= 4 is 35.7 Å². The summed E-state index contributed by atoms with van der Waals surface area (Å²) in [5, 5.41) is 9.03. The summed E-state index contributed by atoms with van der Waals surface area (Å²) in [6.07, 6.45) is 0. The Labute approximate surface area is 86.7 Å². The molecule has 72 valence electrons. The van der Waals surface area contributed by atoms with E-state index >= 15 is 0 Å². The van der Waals surface area contributed by atoms with Crippen molar-refractivity contribution in [3.63, 3.8) is 0 Å². The zero-order chi connectivity index (χ0) is 10.2. The molecule has 0 heterocycles. The lowest BCUT2D eigenvalue weighted by atomic mass is 10.3. The third-order valence-corrected chi connectivity index (χ3v) is 3.22. The van der Waals surface area contributed by atoms with Crippen LogP contribution in [-0.2, 0) is 9.05 Å². The maximum Gasteiger partial charge on any atom is 0.265 e. The number of hydrogen-bond donors (Lipinski definition) is 1. The lowest BCUT2D eigenvalue weighted by Crippen LogP contribution is -1.92. The first-order valence-corrected chi connectivity index (χ1v) is 6.05. The molecule has 1 N–H and O–H groups in total. The molecular weight excluding hydrogens is 286 g/mol. The van der Waals surface area contributed by atoms with Crippen LogP contribution in [-0.4, -0.2) is 13.5 Å². The van der Waals surface area contributed by atoms with E-state index in [1.165, 1.54) is 0 Å². The lowest BCUT2D eigenvalue weighted by molar-refractivity contribution is 0.452. The fourth-order valence-electron chi connectivity index (χ4n) is 0.713. The van der Waals surface area contributed by atoms with Crippen molar-refractivity contribution in [3.8, 4) is 5.75 Å². The maximum absolute atomic E-state index is 12.7. The van der Waals surface area contributed by atoms with Crippen molar-refractivity contribution < 1.29 is 17.9 Å². The normalized spacial score (nSPS) is 11.6. The van der Waals surface area contributed by atoms with E-state index in [9.17, 15) is 12.8 Å². The van der Waals surface area contributed by atoms with Gasteiger partial charge in [0.05, 0.1) is 4.47 Å². The molecule has 0 aliphatic heterocycles. The molecule has 7 heteroatoms. The minimum atomic E-state index is -4.05. The predicted octanol–water partition coefficient (Wildman–Crippen LogP) is 2.22. The number of halogens is 3. The summed E-state index contributed by atoms with van der Waals surface area (Å²) < 4.78 is 34.2. The van der Waals surface area contributed by atoms with Crippen LogP contribution in [0.15, 0.2) is 21.5 Å². The van der Waals surface area contributed by atoms with Crippen molar-refractivity contribution in [3.05, 3.63) is 22.4 Å². The summed E-state index contributed by atoms with van der Waals surface area (Å²) in [6, 6.07) is 1.56. The Morgan fingerprint density at radius 3 is 2.46 bits per heavy atom. The minimum absolute atomic E-state index is 0.0791. The molecule has 0 amide bonds. The second kappa shape index (κ2) is 3.43. The average molecular weight is 290 g/mol. The Morgan fingerprint density at radius 1 is 1.46 bits per heavy atom. The van der Waals surface area contributed by atoms with Crippen LogP contribution in [0.4, 0.5) is 4.39 Å². The van der Waals surface area contributed by atoms with Gasteiger partial charge in [-0.15, -0.1) is 0 Å². The first-order valence-electron chi connectivity index (χ1n) is 2.95. The van der Waals surface area contributed by atoms with Crippen LogP contribution in [0, 0.1) is 5.82 Å². The molecule has 13 heavy (non-hydrogen) atoms. The highest BCUT2D eigenvalue weighted by Gasteiger charge is 2.17. The summed E-state index contributed by atoms with van der Waals surface area (Å²) in [4.78, 5) is -0.526. The molecule has 0 aliphatic rings. The van der Waals surface area contributed by atoms with Crippen LogP contribution in [0.1, 0.15) is 0 Å². The van der Waals surface area contributed by atoms with E-state index in [-0.39, 0.29) is 4.47 Å². The van der Waals surface area contributed by atoms with Gasteiger partial charge in [-0.3, -0.25) is 0 Å². The molecule has 0 aliphatic carbocycles. The second-order valence-corrected chi connectivity index (χ2v) is 5.56. The van der Waals surface area contributed by atoms with E-state index in [1.807, 2.05) is 0 Å². The van der Waals surface area contributed by atoms with E-state index in [1.54, 1.807) is 0 Å². The largest absolute Gasteiger partial charge is 0.506 e. The fourth-order valence-corrected chi connectivity index (χ4v) is 2.15. The Balaban J connectivity index is 3.50. The Bertz CT molecular complexity index is 445. The quantitative estimate of drug-likeness (QED) is 0.807. The van der Waals surface area contributed by atoms with Crippen LogP contribution in [0.25, 0.3) is 0 Å². The predicted molar refractivity (Wildman–Crippen MR) is 48.8 cm³/mol. The molecule has 0 fully saturated rings. The summed E-state index contributed by atoms with van der Waals surface area (Å²) in [5.41, 5.74) is 0. The Kier molecular flexibility index (Phi) is 2.84. The molecule has 0 spiro atoms. The monoisotopic (exact) mass is 288 g/mol. The molecule has 0 unspecified atom stereocenters. The van der Waals surface area contributed by atoms with Gasteiger partial charge in [0.1, 0.15) is 16.5 Å². The molecule has 3 nitrogen and oxygen atoms in total. The number of phenolic OH excluding ortho intramolecular Hbond substituents is 1. The first kappa shape index (κ1) is 10.7. The smallest absolute Gasteiger partial charge is 0.265 e. The zero-order valence-electron chi connectivity index (χ0n) is 5.96. The molecule has 0 radical (unpaired) electrons. The highest BCUT2D eigenvalue weighted by Crippen LogP contribution is 2.30. The van der Waals surface area contributed by atoms with Gasteiger partial charge < -0.3 is 5.11 Å². The number of aromatic hydroxyl groups is 1. The van der Waals surface area contributed by atoms with E-state index in [4.69, 9.17) is 15.8 Å². The summed E-state index contributed by atoms with van der Waals surface area (Å²) in [5.74, 6) is -1.47. The average Bonchev–Trinajstić information content (AvgIpc) is 1.94. The SMILES string of the molecule is O=S(=O)(Cl)c1cc(Br)c(F)cc1O. The summed E-state index contributed by atoms with van der Waals surface area (Å²) in [7, 11) is 0.910. The number of benzene rings is 1. The van der Waals surface area contributed by atoms with Crippen LogP contribution in [0.3, 0.4) is 0 Å². The molecule has 1 aromatic rings. The van der Waals surface area contributed by atoms with Gasteiger partial charge in [-0.1, -0.05) is 0 Å². The number of hydrogen-bond acceptors (Lipinski definition) is 3.